The number of piperazine rings is 1. The van der Waals surface area contributed by atoms with Crippen LogP contribution in [0.25, 0.3) is 20.8 Å². The molecule has 3 aromatic heterocycles. The van der Waals surface area contributed by atoms with Gasteiger partial charge >= 0.3 is 12.0 Å². The minimum Gasteiger partial charge on any atom is -0.481 e. The predicted octanol–water partition coefficient (Wildman–Crippen LogP) is 5.31. The molecule has 10 nitrogen and oxygen atoms in total. The Morgan fingerprint density at radius 3 is 2.51 bits per heavy atom. The number of nitrogens with zero attached hydrogens (tertiary/aromatic N) is 4. The number of anilines is 1. The first-order chi connectivity index (χ1) is 20.8. The summed E-state index contributed by atoms with van der Waals surface area (Å²) in [7, 11) is 0. The summed E-state index contributed by atoms with van der Waals surface area (Å²) in [5, 5.41) is 13.9. The largest absolute Gasteiger partial charge is 0.481 e. The van der Waals surface area contributed by atoms with Gasteiger partial charge in [-0.1, -0.05) is 6.07 Å². The molecule has 0 bridgehead atoms. The fourth-order valence-corrected chi connectivity index (χ4v) is 5.91. The molecule has 2 fully saturated rings. The van der Waals surface area contributed by atoms with Crippen LogP contribution in [0, 0.1) is 11.6 Å². The number of halogens is 2. The highest BCUT2D eigenvalue weighted by molar-refractivity contribution is 7.22. The maximum Gasteiger partial charge on any atom is 0.319 e. The van der Waals surface area contributed by atoms with Crippen LogP contribution in [-0.4, -0.2) is 75.6 Å². The second-order valence-electron chi connectivity index (χ2n) is 10.7. The van der Waals surface area contributed by atoms with Crippen LogP contribution in [0.15, 0.2) is 48.8 Å². The fourth-order valence-electron chi connectivity index (χ4n) is 4.87. The molecule has 3 N–H and O–H groups in total. The van der Waals surface area contributed by atoms with Crippen LogP contribution in [0.2, 0.25) is 0 Å². The van der Waals surface area contributed by atoms with Crippen LogP contribution in [0.3, 0.4) is 0 Å². The van der Waals surface area contributed by atoms with E-state index in [1.54, 1.807) is 12.3 Å². The van der Waals surface area contributed by atoms with Crippen molar-refractivity contribution in [1.82, 2.24) is 25.1 Å². The van der Waals surface area contributed by atoms with E-state index in [-0.39, 0.29) is 23.9 Å². The van der Waals surface area contributed by atoms with Gasteiger partial charge in [0.2, 0.25) is 5.82 Å². The molecule has 2 amide bonds. The topological polar surface area (TPSA) is 120 Å². The Morgan fingerprint density at radius 2 is 1.79 bits per heavy atom. The summed E-state index contributed by atoms with van der Waals surface area (Å²) in [6.45, 7) is 4.75. The molecule has 1 aliphatic heterocycles. The van der Waals surface area contributed by atoms with E-state index in [2.05, 4.69) is 30.4 Å². The molecular formula is C30H30F2N6O4S. The normalized spacial score (nSPS) is 15.9. The Hall–Kier alpha value is -4.20. The molecule has 2 aliphatic rings. The molecular weight excluding hydrogens is 578 g/mol. The Balaban J connectivity index is 1.11. The third-order valence-corrected chi connectivity index (χ3v) is 8.55. The van der Waals surface area contributed by atoms with E-state index in [9.17, 15) is 18.4 Å². The maximum absolute atomic E-state index is 14.9. The highest BCUT2D eigenvalue weighted by Gasteiger charge is 2.25. The van der Waals surface area contributed by atoms with Gasteiger partial charge in [-0.3, -0.25) is 19.7 Å². The lowest BCUT2D eigenvalue weighted by atomic mass is 10.2. The molecule has 0 unspecified atom stereocenters. The molecule has 0 spiro atoms. The standard InChI is InChI=1S/C30H30F2N6O4S/c31-27-21(36-30(41)35-19-2-3-19)5-6-23(28(27)32)42-24-7-9-33-22-15-25(43-29(22)24)20-4-1-18(16-34-20)17-38-13-11-37(12-14-38)10-8-26(39)40/h1,4-7,9,15-16,19H,2-3,8,10-14,17H2,(H,39,40)(H2,35,36,41). The van der Waals surface area contributed by atoms with Gasteiger partial charge in [0.15, 0.2) is 11.6 Å². The molecule has 224 valence electrons. The number of amides is 2. The maximum atomic E-state index is 14.9. The van der Waals surface area contributed by atoms with Gasteiger partial charge in [0.25, 0.3) is 0 Å². The molecule has 0 atom stereocenters. The zero-order chi connectivity index (χ0) is 29.9. The number of carbonyl (C=O) groups is 2. The Kier molecular flexibility index (Phi) is 8.45. The number of urea groups is 1. The van der Waals surface area contributed by atoms with Crippen molar-refractivity contribution < 1.29 is 28.2 Å². The van der Waals surface area contributed by atoms with Gasteiger partial charge < -0.3 is 25.4 Å². The van der Waals surface area contributed by atoms with Crippen LogP contribution in [0.1, 0.15) is 24.8 Å². The van der Waals surface area contributed by atoms with E-state index in [1.165, 1.54) is 23.5 Å². The summed E-state index contributed by atoms with van der Waals surface area (Å²) in [4.78, 5) is 37.2. The second-order valence-corrected chi connectivity index (χ2v) is 11.7. The smallest absolute Gasteiger partial charge is 0.319 e. The van der Waals surface area contributed by atoms with Gasteiger partial charge in [0.1, 0.15) is 5.75 Å². The first kappa shape index (κ1) is 28.9. The zero-order valence-electron chi connectivity index (χ0n) is 23.2. The highest BCUT2D eigenvalue weighted by atomic mass is 32.1. The van der Waals surface area contributed by atoms with Crippen LogP contribution >= 0.6 is 11.3 Å². The molecule has 4 aromatic rings. The third-order valence-electron chi connectivity index (χ3n) is 7.39. The quantitative estimate of drug-likeness (QED) is 0.222. The van der Waals surface area contributed by atoms with Crippen molar-refractivity contribution in [2.45, 2.75) is 31.8 Å². The fraction of sp³-hybridized carbons (Fsp3) is 0.333. The number of nitrogens with one attached hydrogen (secondary N) is 2. The lowest BCUT2D eigenvalue weighted by Gasteiger charge is -2.34. The van der Waals surface area contributed by atoms with E-state index in [4.69, 9.17) is 9.84 Å². The molecule has 1 aromatic carbocycles. The number of thiophene rings is 1. The van der Waals surface area contributed by atoms with Gasteiger partial charge in [0, 0.05) is 63.8 Å². The molecule has 1 saturated carbocycles. The molecule has 13 heteroatoms. The van der Waals surface area contributed by atoms with Gasteiger partial charge in [-0.05, 0) is 42.7 Å². The number of carboxylic acid groups (broad SMARTS) is 1. The van der Waals surface area contributed by atoms with Crippen molar-refractivity contribution in [1.29, 1.82) is 0 Å². The number of rotatable bonds is 10. The van der Waals surface area contributed by atoms with Gasteiger partial charge in [-0.15, -0.1) is 11.3 Å². The lowest BCUT2D eigenvalue weighted by Crippen LogP contribution is -2.46. The summed E-state index contributed by atoms with van der Waals surface area (Å²) in [5.41, 5.74) is 2.20. The first-order valence-corrected chi connectivity index (χ1v) is 14.9. The molecule has 1 aliphatic carbocycles. The van der Waals surface area contributed by atoms with Crippen molar-refractivity contribution in [3.05, 3.63) is 66.0 Å². The van der Waals surface area contributed by atoms with Crippen molar-refractivity contribution in [3.8, 4) is 22.1 Å². The van der Waals surface area contributed by atoms with E-state index >= 15 is 0 Å². The van der Waals surface area contributed by atoms with Crippen LogP contribution in [0.5, 0.6) is 11.5 Å². The Labute approximate surface area is 250 Å². The summed E-state index contributed by atoms with van der Waals surface area (Å²) in [5.74, 6) is -3.16. The number of carboxylic acids is 1. The zero-order valence-corrected chi connectivity index (χ0v) is 24.0. The number of benzene rings is 1. The van der Waals surface area contributed by atoms with Gasteiger partial charge in [0.05, 0.1) is 32.9 Å². The minimum absolute atomic E-state index is 0.0825. The van der Waals surface area contributed by atoms with Crippen LogP contribution in [0.4, 0.5) is 19.3 Å². The van der Waals surface area contributed by atoms with Crippen molar-refractivity contribution in [2.75, 3.05) is 38.0 Å². The number of ether oxygens (including phenoxy) is 1. The summed E-state index contributed by atoms with van der Waals surface area (Å²) >= 11 is 1.39. The van der Waals surface area contributed by atoms with Crippen LogP contribution < -0.4 is 15.4 Å². The molecule has 43 heavy (non-hydrogen) atoms. The molecule has 0 radical (unpaired) electrons. The van der Waals surface area contributed by atoms with Crippen molar-refractivity contribution in [2.24, 2.45) is 0 Å². The Bertz CT molecular complexity index is 1640. The molecule has 1 saturated heterocycles. The van der Waals surface area contributed by atoms with Gasteiger partial charge in [-0.25, -0.2) is 9.18 Å². The predicted molar refractivity (Wildman–Crippen MR) is 158 cm³/mol. The third kappa shape index (κ3) is 7.07. The number of hydrogen-bond donors (Lipinski definition) is 3. The summed E-state index contributed by atoms with van der Waals surface area (Å²) < 4.78 is 36.1. The number of carbonyl (C=O) groups excluding carboxylic acids is 1. The average molecular weight is 609 g/mol. The second kappa shape index (κ2) is 12.6. The van der Waals surface area contributed by atoms with Crippen LogP contribution in [-0.2, 0) is 11.3 Å². The Morgan fingerprint density at radius 1 is 1.00 bits per heavy atom. The lowest BCUT2D eigenvalue weighted by molar-refractivity contribution is -0.137. The van der Waals surface area contributed by atoms with Gasteiger partial charge in [-0.2, -0.15) is 4.39 Å². The number of aliphatic carboxylic acids is 1. The summed E-state index contributed by atoms with van der Waals surface area (Å²) in [6, 6.07) is 9.51. The van der Waals surface area contributed by atoms with E-state index < -0.39 is 23.6 Å². The van der Waals surface area contributed by atoms with Crippen molar-refractivity contribution >= 4 is 39.2 Å². The van der Waals surface area contributed by atoms with E-state index in [0.717, 1.165) is 61.7 Å². The van der Waals surface area contributed by atoms with E-state index in [0.29, 0.717) is 22.5 Å². The molecule has 6 rings (SSSR count). The molecule has 4 heterocycles. The number of fused-ring (bicyclic) bond motifs is 1. The minimum atomic E-state index is -1.20. The highest BCUT2D eigenvalue weighted by Crippen LogP contribution is 2.39. The monoisotopic (exact) mass is 608 g/mol. The summed E-state index contributed by atoms with van der Waals surface area (Å²) in [6.07, 6.45) is 5.30. The van der Waals surface area contributed by atoms with E-state index in [1.807, 2.05) is 24.4 Å². The van der Waals surface area contributed by atoms with Crippen molar-refractivity contribution in [3.63, 3.8) is 0 Å². The first-order valence-electron chi connectivity index (χ1n) is 14.1. The number of aromatic nitrogens is 2. The average Bonchev–Trinajstić information content (AvgIpc) is 3.70. The number of pyridine rings is 2. The number of hydrogen-bond acceptors (Lipinski definition) is 8. The SMILES string of the molecule is O=C(O)CCN1CCN(Cc2ccc(-c3cc4nccc(Oc5ccc(NC(=O)NC6CC6)c(F)c5F)c4s3)nc2)CC1.